The van der Waals surface area contributed by atoms with E-state index in [1.54, 1.807) is 7.11 Å². The number of amides is 1. The summed E-state index contributed by atoms with van der Waals surface area (Å²) in [6, 6.07) is 15.0. The smallest absolute Gasteiger partial charge is 0.223 e. The quantitative estimate of drug-likeness (QED) is 0.734. The lowest BCUT2D eigenvalue weighted by Crippen LogP contribution is -2.41. The maximum atomic E-state index is 12.9. The molecule has 0 radical (unpaired) electrons. The number of likely N-dealkylation sites (tertiary alicyclic amines) is 1. The predicted molar refractivity (Wildman–Crippen MR) is 118 cm³/mol. The van der Waals surface area contributed by atoms with E-state index in [1.807, 2.05) is 13.0 Å². The largest absolute Gasteiger partial charge is 0.496 e. The van der Waals surface area contributed by atoms with E-state index < -0.39 is 0 Å². The van der Waals surface area contributed by atoms with Gasteiger partial charge >= 0.3 is 0 Å². The van der Waals surface area contributed by atoms with Crippen LogP contribution >= 0.6 is 0 Å². The average Bonchev–Trinajstić information content (AvgIpc) is 2.74. The highest BCUT2D eigenvalue weighted by Crippen LogP contribution is 2.26. The molecule has 29 heavy (non-hydrogen) atoms. The highest BCUT2D eigenvalue weighted by atomic mass is 16.5. The number of hydrogen-bond acceptors (Lipinski definition) is 3. The number of nitrogens with one attached hydrogen (secondary N) is 1. The van der Waals surface area contributed by atoms with E-state index in [0.29, 0.717) is 0 Å². The fourth-order valence-electron chi connectivity index (χ4n) is 4.13. The summed E-state index contributed by atoms with van der Waals surface area (Å²) in [5.74, 6) is 1.19. The van der Waals surface area contributed by atoms with Crippen LogP contribution in [0.25, 0.3) is 0 Å². The van der Waals surface area contributed by atoms with Gasteiger partial charge in [-0.1, -0.05) is 48.9 Å². The Morgan fingerprint density at radius 3 is 2.41 bits per heavy atom. The lowest BCUT2D eigenvalue weighted by molar-refractivity contribution is -0.127. The maximum absolute atomic E-state index is 12.9. The van der Waals surface area contributed by atoms with Crippen LogP contribution in [0.1, 0.15) is 54.5 Å². The fraction of sp³-hybridized carbons (Fsp3) is 0.480. The summed E-state index contributed by atoms with van der Waals surface area (Å²) < 4.78 is 5.36. The van der Waals surface area contributed by atoms with Crippen molar-refractivity contribution in [3.63, 3.8) is 0 Å². The van der Waals surface area contributed by atoms with Gasteiger partial charge in [0, 0.05) is 12.5 Å². The van der Waals surface area contributed by atoms with E-state index in [1.165, 1.54) is 11.1 Å². The molecular formula is C25H34N2O2. The summed E-state index contributed by atoms with van der Waals surface area (Å²) >= 11 is 0. The van der Waals surface area contributed by atoms with Crippen LogP contribution in [0, 0.1) is 19.8 Å². The van der Waals surface area contributed by atoms with Gasteiger partial charge in [0.25, 0.3) is 0 Å². The Balaban J connectivity index is 1.53. The number of aryl methyl sites for hydroxylation is 2. The van der Waals surface area contributed by atoms with Crippen LogP contribution in [0.5, 0.6) is 5.75 Å². The Morgan fingerprint density at radius 1 is 1.14 bits per heavy atom. The highest BCUT2D eigenvalue weighted by molar-refractivity contribution is 5.79. The van der Waals surface area contributed by atoms with Gasteiger partial charge in [0.1, 0.15) is 5.75 Å². The molecule has 2 aromatic carbocycles. The summed E-state index contributed by atoms with van der Waals surface area (Å²) in [7, 11) is 1.69. The number of piperidine rings is 1. The Bertz CT molecular complexity index is 808. The number of methoxy groups -OCH3 is 1. The number of carbonyl (C=O) groups is 1. The van der Waals surface area contributed by atoms with E-state index in [4.69, 9.17) is 4.74 Å². The Kier molecular flexibility index (Phi) is 7.32. The maximum Gasteiger partial charge on any atom is 0.223 e. The Morgan fingerprint density at radius 2 is 1.83 bits per heavy atom. The van der Waals surface area contributed by atoms with Gasteiger partial charge in [0.05, 0.1) is 13.2 Å². The standard InChI is InChI=1S/C25H34N2O2/c1-5-23(22-10-11-24(29-4)19(3)16-22)26-25(28)21-12-14-27(15-13-21)17-20-8-6-18(2)7-9-20/h6-11,16,21,23H,5,12-15,17H2,1-4H3,(H,26,28). The van der Waals surface area contributed by atoms with Crippen molar-refractivity contribution in [1.82, 2.24) is 10.2 Å². The number of rotatable bonds is 7. The second kappa shape index (κ2) is 9.93. The zero-order chi connectivity index (χ0) is 20.8. The number of carbonyl (C=O) groups excluding carboxylic acids is 1. The molecule has 1 amide bonds. The lowest BCUT2D eigenvalue weighted by Gasteiger charge is -2.32. The van der Waals surface area contributed by atoms with E-state index >= 15 is 0 Å². The first kappa shape index (κ1) is 21.4. The summed E-state index contributed by atoms with van der Waals surface area (Å²) in [6.45, 7) is 9.20. The van der Waals surface area contributed by atoms with Crippen LogP contribution in [-0.2, 0) is 11.3 Å². The number of hydrogen-bond donors (Lipinski definition) is 1. The minimum Gasteiger partial charge on any atom is -0.496 e. The fourth-order valence-corrected chi connectivity index (χ4v) is 4.13. The summed E-state index contributed by atoms with van der Waals surface area (Å²) in [6.07, 6.45) is 2.73. The van der Waals surface area contributed by atoms with E-state index in [9.17, 15) is 4.79 Å². The predicted octanol–water partition coefficient (Wildman–Crippen LogP) is 4.79. The molecule has 0 bridgehead atoms. The zero-order valence-corrected chi connectivity index (χ0v) is 18.2. The summed E-state index contributed by atoms with van der Waals surface area (Å²) in [5.41, 5.74) is 4.89. The van der Waals surface area contributed by atoms with Crippen molar-refractivity contribution in [3.05, 3.63) is 64.7 Å². The number of ether oxygens (including phenoxy) is 1. The molecule has 1 heterocycles. The average molecular weight is 395 g/mol. The third-order valence-corrected chi connectivity index (χ3v) is 6.03. The van der Waals surface area contributed by atoms with E-state index in [-0.39, 0.29) is 17.9 Å². The van der Waals surface area contributed by atoms with Gasteiger partial charge in [0.15, 0.2) is 0 Å². The molecule has 0 spiro atoms. The highest BCUT2D eigenvalue weighted by Gasteiger charge is 2.26. The molecule has 1 unspecified atom stereocenters. The molecule has 1 atom stereocenters. The SMILES string of the molecule is CCC(NC(=O)C1CCN(Cc2ccc(C)cc2)CC1)c1ccc(OC)c(C)c1. The first-order valence-corrected chi connectivity index (χ1v) is 10.7. The summed E-state index contributed by atoms with van der Waals surface area (Å²) in [5, 5.41) is 3.29. The van der Waals surface area contributed by atoms with Crippen LogP contribution in [0.4, 0.5) is 0 Å². The van der Waals surface area contributed by atoms with Crippen LogP contribution in [0.3, 0.4) is 0 Å². The van der Waals surface area contributed by atoms with Crippen molar-refractivity contribution >= 4 is 5.91 Å². The second-order valence-electron chi connectivity index (χ2n) is 8.23. The minimum atomic E-state index is 0.0534. The monoisotopic (exact) mass is 394 g/mol. The molecule has 4 nitrogen and oxygen atoms in total. The molecule has 1 aliphatic heterocycles. The van der Waals surface area contributed by atoms with Crippen molar-refractivity contribution in [2.24, 2.45) is 5.92 Å². The van der Waals surface area contributed by atoms with E-state index in [0.717, 1.165) is 55.8 Å². The van der Waals surface area contributed by atoms with Gasteiger partial charge in [-0.05, 0) is 69.0 Å². The molecular weight excluding hydrogens is 360 g/mol. The molecule has 0 saturated carbocycles. The van der Waals surface area contributed by atoms with Crippen LogP contribution in [-0.4, -0.2) is 31.0 Å². The molecule has 1 aliphatic rings. The Hall–Kier alpha value is -2.33. The van der Waals surface area contributed by atoms with Crippen LogP contribution in [0.15, 0.2) is 42.5 Å². The topological polar surface area (TPSA) is 41.6 Å². The third-order valence-electron chi connectivity index (χ3n) is 6.03. The molecule has 1 saturated heterocycles. The molecule has 2 aromatic rings. The molecule has 1 N–H and O–H groups in total. The van der Waals surface area contributed by atoms with Crippen LogP contribution < -0.4 is 10.1 Å². The second-order valence-corrected chi connectivity index (χ2v) is 8.23. The zero-order valence-electron chi connectivity index (χ0n) is 18.2. The lowest BCUT2D eigenvalue weighted by atomic mass is 9.94. The van der Waals surface area contributed by atoms with E-state index in [2.05, 4.69) is 60.5 Å². The minimum absolute atomic E-state index is 0.0534. The molecule has 0 aliphatic carbocycles. The third kappa shape index (κ3) is 5.60. The number of benzene rings is 2. The molecule has 156 valence electrons. The summed E-state index contributed by atoms with van der Waals surface area (Å²) in [4.78, 5) is 15.4. The van der Waals surface area contributed by atoms with Gasteiger partial charge in [-0.15, -0.1) is 0 Å². The van der Waals surface area contributed by atoms with Gasteiger partial charge in [0.2, 0.25) is 5.91 Å². The van der Waals surface area contributed by atoms with Gasteiger partial charge in [-0.2, -0.15) is 0 Å². The van der Waals surface area contributed by atoms with Crippen molar-refractivity contribution in [2.75, 3.05) is 20.2 Å². The van der Waals surface area contributed by atoms with Crippen molar-refractivity contribution in [3.8, 4) is 5.75 Å². The first-order valence-electron chi connectivity index (χ1n) is 10.7. The molecule has 4 heteroatoms. The van der Waals surface area contributed by atoms with Gasteiger partial charge < -0.3 is 10.1 Å². The normalized spacial score (nSPS) is 16.4. The first-order chi connectivity index (χ1) is 14.0. The Labute approximate surface area is 175 Å². The van der Waals surface area contributed by atoms with Crippen molar-refractivity contribution in [2.45, 2.75) is 52.6 Å². The molecule has 0 aromatic heterocycles. The molecule has 3 rings (SSSR count). The van der Waals surface area contributed by atoms with Crippen molar-refractivity contribution < 1.29 is 9.53 Å². The number of nitrogens with zero attached hydrogens (tertiary/aromatic N) is 1. The van der Waals surface area contributed by atoms with Crippen molar-refractivity contribution in [1.29, 1.82) is 0 Å². The molecule has 1 fully saturated rings. The van der Waals surface area contributed by atoms with Gasteiger partial charge in [-0.25, -0.2) is 0 Å². The van der Waals surface area contributed by atoms with Gasteiger partial charge in [-0.3, -0.25) is 9.69 Å². The van der Waals surface area contributed by atoms with Crippen LogP contribution in [0.2, 0.25) is 0 Å².